The Morgan fingerprint density at radius 2 is 2.22 bits per heavy atom. The predicted molar refractivity (Wildman–Crippen MR) is 81.2 cm³/mol. The van der Waals surface area contributed by atoms with Gasteiger partial charge >= 0.3 is 0 Å². The van der Waals surface area contributed by atoms with Crippen LogP contribution >= 0.6 is 11.8 Å². The Morgan fingerprint density at radius 3 is 2.78 bits per heavy atom. The van der Waals surface area contributed by atoms with Crippen LogP contribution in [-0.2, 0) is 13.5 Å². The molecule has 0 amide bonds. The van der Waals surface area contributed by atoms with Gasteiger partial charge in [0.15, 0.2) is 0 Å². The maximum atomic E-state index is 4.39. The molecule has 0 spiro atoms. The summed E-state index contributed by atoms with van der Waals surface area (Å²) >= 11 is 2.04. The summed E-state index contributed by atoms with van der Waals surface area (Å²) in [7, 11) is 2.07. The van der Waals surface area contributed by atoms with E-state index in [1.165, 1.54) is 24.4 Å². The van der Waals surface area contributed by atoms with Crippen molar-refractivity contribution < 1.29 is 0 Å². The van der Waals surface area contributed by atoms with Gasteiger partial charge in [0.25, 0.3) is 0 Å². The number of aryl methyl sites for hydroxylation is 2. The number of nitrogens with one attached hydrogen (secondary N) is 1. The molecule has 0 fully saturated rings. The Labute approximate surface area is 116 Å². The molecule has 1 aromatic heterocycles. The molecule has 0 aliphatic carbocycles. The minimum absolute atomic E-state index is 0.606. The van der Waals surface area contributed by atoms with E-state index >= 15 is 0 Å². The number of nitrogens with zero attached hydrogens (tertiary/aromatic N) is 2. The fourth-order valence-corrected chi connectivity index (χ4v) is 2.74. The second-order valence-electron chi connectivity index (χ2n) is 5.03. The predicted octanol–water partition coefficient (Wildman–Crippen LogP) is 2.86. The van der Waals surface area contributed by atoms with Gasteiger partial charge in [-0.15, -0.1) is 0 Å². The highest BCUT2D eigenvalue weighted by Crippen LogP contribution is 2.13. The third-order valence-electron chi connectivity index (χ3n) is 2.95. The fourth-order valence-electron chi connectivity index (χ4n) is 1.84. The Kier molecular flexibility index (Phi) is 7.44. The maximum absolute atomic E-state index is 4.39. The number of aromatic nitrogens is 2. The second kappa shape index (κ2) is 8.59. The Morgan fingerprint density at radius 1 is 1.44 bits per heavy atom. The van der Waals surface area contributed by atoms with Gasteiger partial charge in [-0.1, -0.05) is 20.8 Å². The molecule has 1 atom stereocenters. The summed E-state index contributed by atoms with van der Waals surface area (Å²) in [5.74, 6) is 2.38. The Bertz CT molecular complexity index is 323. The molecule has 0 radical (unpaired) electrons. The maximum Gasteiger partial charge on any atom is 0.108 e. The molecule has 3 nitrogen and oxygen atoms in total. The van der Waals surface area contributed by atoms with Crippen LogP contribution in [-0.4, -0.2) is 33.1 Å². The quantitative estimate of drug-likeness (QED) is 0.747. The topological polar surface area (TPSA) is 29.9 Å². The molecule has 1 unspecified atom stereocenters. The molecule has 0 saturated heterocycles. The van der Waals surface area contributed by atoms with Crippen molar-refractivity contribution in [3.63, 3.8) is 0 Å². The van der Waals surface area contributed by atoms with Crippen LogP contribution in [0, 0.1) is 0 Å². The van der Waals surface area contributed by atoms with E-state index in [1.807, 2.05) is 24.2 Å². The van der Waals surface area contributed by atoms with Gasteiger partial charge in [0.2, 0.25) is 0 Å². The van der Waals surface area contributed by atoms with Crippen molar-refractivity contribution in [2.75, 3.05) is 12.3 Å². The van der Waals surface area contributed by atoms with Gasteiger partial charge in [-0.25, -0.2) is 4.98 Å². The highest BCUT2D eigenvalue weighted by Gasteiger charge is 2.10. The van der Waals surface area contributed by atoms with Gasteiger partial charge in [0.05, 0.1) is 0 Å². The molecule has 0 saturated carbocycles. The number of hydrogen-bond acceptors (Lipinski definition) is 3. The molecule has 1 aromatic rings. The molecule has 1 rings (SSSR count). The van der Waals surface area contributed by atoms with Gasteiger partial charge in [-0.05, 0) is 24.6 Å². The fraction of sp³-hybridized carbons (Fsp3) is 0.786. The standard InChI is InChI=1S/C14H27N3S/c1-5-8-15-13(11-18-12(2)3)6-7-14-16-9-10-17(14)4/h9-10,12-13,15H,5-8,11H2,1-4H3. The molecule has 4 heteroatoms. The minimum Gasteiger partial charge on any atom is -0.338 e. The van der Waals surface area contributed by atoms with E-state index in [4.69, 9.17) is 0 Å². The van der Waals surface area contributed by atoms with Crippen LogP contribution in [0.25, 0.3) is 0 Å². The molecular weight excluding hydrogens is 242 g/mol. The molecule has 104 valence electrons. The van der Waals surface area contributed by atoms with Crippen molar-refractivity contribution in [3.8, 4) is 0 Å². The van der Waals surface area contributed by atoms with E-state index in [2.05, 4.69) is 42.7 Å². The smallest absolute Gasteiger partial charge is 0.108 e. The molecule has 0 bridgehead atoms. The molecule has 18 heavy (non-hydrogen) atoms. The largest absolute Gasteiger partial charge is 0.338 e. The normalized spacial score (nSPS) is 13.2. The number of thioether (sulfide) groups is 1. The first-order valence-corrected chi connectivity index (χ1v) is 7.99. The van der Waals surface area contributed by atoms with Crippen LogP contribution < -0.4 is 5.32 Å². The van der Waals surface area contributed by atoms with Gasteiger partial charge in [-0.3, -0.25) is 0 Å². The van der Waals surface area contributed by atoms with Crippen LogP contribution in [0.3, 0.4) is 0 Å². The van der Waals surface area contributed by atoms with Crippen LogP contribution in [0.4, 0.5) is 0 Å². The first-order valence-electron chi connectivity index (χ1n) is 6.94. The van der Waals surface area contributed by atoms with Crippen molar-refractivity contribution in [2.45, 2.75) is 51.3 Å². The van der Waals surface area contributed by atoms with Crippen molar-refractivity contribution in [3.05, 3.63) is 18.2 Å². The average molecular weight is 269 g/mol. The number of rotatable bonds is 9. The number of imidazole rings is 1. The molecule has 0 aromatic carbocycles. The second-order valence-corrected chi connectivity index (χ2v) is 6.64. The SMILES string of the molecule is CCCNC(CCc1nccn1C)CSC(C)C. The van der Waals surface area contributed by atoms with E-state index in [1.54, 1.807) is 0 Å². The van der Waals surface area contributed by atoms with Crippen molar-refractivity contribution in [1.82, 2.24) is 14.9 Å². The van der Waals surface area contributed by atoms with E-state index in [9.17, 15) is 0 Å². The van der Waals surface area contributed by atoms with Gasteiger partial charge in [0.1, 0.15) is 5.82 Å². The van der Waals surface area contributed by atoms with E-state index in [-0.39, 0.29) is 0 Å². The molecule has 1 heterocycles. The summed E-state index contributed by atoms with van der Waals surface area (Å²) < 4.78 is 2.12. The number of hydrogen-bond donors (Lipinski definition) is 1. The highest BCUT2D eigenvalue weighted by atomic mass is 32.2. The average Bonchev–Trinajstić information content (AvgIpc) is 2.74. The summed E-state index contributed by atoms with van der Waals surface area (Å²) in [5, 5.41) is 4.36. The van der Waals surface area contributed by atoms with Crippen molar-refractivity contribution in [1.29, 1.82) is 0 Å². The summed E-state index contributed by atoms with van der Waals surface area (Å²) in [6.45, 7) is 7.86. The Hall–Kier alpha value is -0.480. The van der Waals surface area contributed by atoms with Crippen LogP contribution in [0.1, 0.15) is 39.4 Å². The van der Waals surface area contributed by atoms with E-state index < -0.39 is 0 Å². The first-order chi connectivity index (χ1) is 8.63. The van der Waals surface area contributed by atoms with Crippen molar-refractivity contribution >= 4 is 11.8 Å². The monoisotopic (exact) mass is 269 g/mol. The molecular formula is C14H27N3S. The minimum atomic E-state index is 0.606. The Balaban J connectivity index is 2.37. The van der Waals surface area contributed by atoms with Crippen LogP contribution in [0.15, 0.2) is 12.4 Å². The zero-order valence-electron chi connectivity index (χ0n) is 12.1. The zero-order chi connectivity index (χ0) is 13.4. The summed E-state index contributed by atoms with van der Waals surface area (Å²) in [5.41, 5.74) is 0. The zero-order valence-corrected chi connectivity index (χ0v) is 13.0. The lowest BCUT2D eigenvalue weighted by atomic mass is 10.1. The van der Waals surface area contributed by atoms with E-state index in [0.717, 1.165) is 13.0 Å². The lowest BCUT2D eigenvalue weighted by Gasteiger charge is -2.19. The van der Waals surface area contributed by atoms with Gasteiger partial charge < -0.3 is 9.88 Å². The summed E-state index contributed by atoms with van der Waals surface area (Å²) in [6, 6.07) is 0.606. The van der Waals surface area contributed by atoms with Crippen molar-refractivity contribution in [2.24, 2.45) is 7.05 Å². The molecule has 1 N–H and O–H groups in total. The summed E-state index contributed by atoms with van der Waals surface area (Å²) in [4.78, 5) is 4.39. The van der Waals surface area contributed by atoms with E-state index in [0.29, 0.717) is 11.3 Å². The summed E-state index contributed by atoms with van der Waals surface area (Å²) in [6.07, 6.45) is 7.33. The third-order valence-corrected chi connectivity index (χ3v) is 4.21. The van der Waals surface area contributed by atoms with Gasteiger partial charge in [-0.2, -0.15) is 11.8 Å². The molecule has 0 aliphatic rings. The van der Waals surface area contributed by atoms with Gasteiger partial charge in [0, 0.05) is 37.7 Å². The lowest BCUT2D eigenvalue weighted by Crippen LogP contribution is -2.33. The third kappa shape index (κ3) is 5.91. The van der Waals surface area contributed by atoms with Crippen LogP contribution in [0.5, 0.6) is 0 Å². The molecule has 0 aliphatic heterocycles. The first kappa shape index (κ1) is 15.6. The van der Waals surface area contributed by atoms with Crippen LogP contribution in [0.2, 0.25) is 0 Å². The lowest BCUT2D eigenvalue weighted by molar-refractivity contribution is 0.511. The highest BCUT2D eigenvalue weighted by molar-refractivity contribution is 7.99.